The number of likely N-dealkylation sites (tertiary alicyclic amines) is 1. The van der Waals surface area contributed by atoms with Gasteiger partial charge in [-0.15, -0.1) is 0 Å². The Balaban J connectivity index is 1.06. The van der Waals surface area contributed by atoms with Crippen molar-refractivity contribution in [1.82, 2.24) is 25.0 Å². The number of pyridine rings is 1. The first-order valence-corrected chi connectivity index (χ1v) is 13.9. The van der Waals surface area contributed by atoms with E-state index in [1.54, 1.807) is 11.1 Å². The number of nitrogens with zero attached hydrogens (tertiary/aromatic N) is 4. The van der Waals surface area contributed by atoms with Crippen LogP contribution >= 0.6 is 0 Å². The first-order valence-electron chi connectivity index (χ1n) is 13.9. The van der Waals surface area contributed by atoms with Crippen molar-refractivity contribution in [2.24, 2.45) is 0 Å². The molecule has 0 bridgehead atoms. The minimum Gasteiger partial charge on any atom is -0.344 e. The number of alkyl halides is 2. The maximum atomic E-state index is 13.2. The zero-order valence-corrected chi connectivity index (χ0v) is 21.9. The van der Waals surface area contributed by atoms with Gasteiger partial charge in [-0.25, -0.2) is 8.78 Å². The Hall–Kier alpha value is -3.62. The number of aromatic nitrogens is 3. The van der Waals surface area contributed by atoms with Gasteiger partial charge in [0.1, 0.15) is 17.9 Å². The standard InChI is InChI=1S/C30H33F2N5O2/c31-29(32)25-17-27(21-8-9-21)37(35-25)18-28(38)36-14-11-19(12-15-36)22-10-13-33-26(16-22)30(39)34-24-7-3-5-20-4-1-2-6-23(20)24/h1-2,4,6,10,13,16-17,19,21,24,29H,3,5,7-9,11-12,14-15,18H2,(H,34,39). The van der Waals surface area contributed by atoms with Crippen molar-refractivity contribution in [3.8, 4) is 0 Å². The third kappa shape index (κ3) is 5.58. The number of piperidine rings is 1. The summed E-state index contributed by atoms with van der Waals surface area (Å²) in [4.78, 5) is 32.3. The third-order valence-electron chi connectivity index (χ3n) is 8.34. The summed E-state index contributed by atoms with van der Waals surface area (Å²) in [5.74, 6) is 0.187. The van der Waals surface area contributed by atoms with Gasteiger partial charge in [-0.2, -0.15) is 5.10 Å². The SMILES string of the molecule is O=C(NC1CCCc2ccccc21)c1cc(C2CCN(C(=O)Cn3nc(C(F)F)cc3C3CC3)CC2)ccn1. The summed E-state index contributed by atoms with van der Waals surface area (Å²) in [5.41, 5.74) is 4.44. The van der Waals surface area contributed by atoms with Crippen LogP contribution in [-0.2, 0) is 17.8 Å². The van der Waals surface area contributed by atoms with Crippen molar-refractivity contribution >= 4 is 11.8 Å². The van der Waals surface area contributed by atoms with Crippen molar-refractivity contribution in [3.63, 3.8) is 0 Å². The molecule has 1 N–H and O–H groups in total. The van der Waals surface area contributed by atoms with Crippen molar-refractivity contribution in [3.05, 3.63) is 82.4 Å². The zero-order chi connectivity index (χ0) is 26.9. The van der Waals surface area contributed by atoms with Crippen LogP contribution in [0.3, 0.4) is 0 Å². The topological polar surface area (TPSA) is 80.1 Å². The minimum atomic E-state index is -2.64. The van der Waals surface area contributed by atoms with Gasteiger partial charge < -0.3 is 10.2 Å². The number of hydrogen-bond acceptors (Lipinski definition) is 4. The van der Waals surface area contributed by atoms with E-state index >= 15 is 0 Å². The molecule has 2 fully saturated rings. The van der Waals surface area contributed by atoms with Crippen LogP contribution in [0, 0.1) is 0 Å². The number of rotatable bonds is 7. The fraction of sp³-hybridized carbons (Fsp3) is 0.467. The average molecular weight is 534 g/mol. The second-order valence-corrected chi connectivity index (χ2v) is 11.0. The van der Waals surface area contributed by atoms with E-state index in [1.807, 2.05) is 24.3 Å². The van der Waals surface area contributed by atoms with E-state index in [-0.39, 0.29) is 41.9 Å². The summed E-state index contributed by atoms with van der Waals surface area (Å²) in [6.07, 6.45) is 5.49. The molecule has 1 aliphatic heterocycles. The Morgan fingerprint density at radius 2 is 1.79 bits per heavy atom. The number of halogens is 2. The molecule has 0 radical (unpaired) electrons. The third-order valence-corrected chi connectivity index (χ3v) is 8.34. The number of benzene rings is 1. The monoisotopic (exact) mass is 533 g/mol. The second-order valence-electron chi connectivity index (χ2n) is 11.0. The van der Waals surface area contributed by atoms with Gasteiger partial charge in [-0.3, -0.25) is 19.3 Å². The minimum absolute atomic E-state index is 0.00542. The molecule has 6 rings (SSSR count). The van der Waals surface area contributed by atoms with E-state index in [2.05, 4.69) is 27.5 Å². The summed E-state index contributed by atoms with van der Waals surface area (Å²) in [6, 6.07) is 13.6. The normalized spacial score (nSPS) is 19.7. The second kappa shape index (κ2) is 10.9. The molecule has 1 aromatic carbocycles. The number of fused-ring (bicyclic) bond motifs is 1. The summed E-state index contributed by atoms with van der Waals surface area (Å²) >= 11 is 0. The molecular formula is C30H33F2N5O2. The van der Waals surface area contributed by atoms with E-state index in [9.17, 15) is 18.4 Å². The summed E-state index contributed by atoms with van der Waals surface area (Å²) in [7, 11) is 0. The largest absolute Gasteiger partial charge is 0.344 e. The number of carbonyl (C=O) groups excluding carboxylic acids is 2. The van der Waals surface area contributed by atoms with Crippen molar-refractivity contribution < 1.29 is 18.4 Å². The van der Waals surface area contributed by atoms with Crippen LogP contribution in [0.5, 0.6) is 0 Å². The Bertz CT molecular complexity index is 1360. The Labute approximate surface area is 226 Å². The molecule has 2 aliphatic carbocycles. The number of carbonyl (C=O) groups is 2. The van der Waals surface area contributed by atoms with Gasteiger partial charge in [0.05, 0.1) is 6.04 Å². The highest BCUT2D eigenvalue weighted by Crippen LogP contribution is 2.41. The Morgan fingerprint density at radius 3 is 2.56 bits per heavy atom. The zero-order valence-electron chi connectivity index (χ0n) is 21.9. The molecule has 3 aromatic rings. The summed E-state index contributed by atoms with van der Waals surface area (Å²) < 4.78 is 27.9. The molecule has 9 heteroatoms. The lowest BCUT2D eigenvalue weighted by atomic mass is 9.87. The quantitative estimate of drug-likeness (QED) is 0.447. The molecular weight excluding hydrogens is 500 g/mol. The molecule has 2 aromatic heterocycles. The van der Waals surface area contributed by atoms with Gasteiger partial charge in [0, 0.05) is 30.9 Å². The van der Waals surface area contributed by atoms with Crippen LogP contribution in [-0.4, -0.2) is 44.6 Å². The fourth-order valence-corrected chi connectivity index (χ4v) is 6.04. The van der Waals surface area contributed by atoms with E-state index < -0.39 is 6.43 Å². The van der Waals surface area contributed by atoms with Gasteiger partial charge in [0.2, 0.25) is 5.91 Å². The van der Waals surface area contributed by atoms with Crippen molar-refractivity contribution in [2.45, 2.75) is 75.8 Å². The molecule has 1 atom stereocenters. The lowest BCUT2D eigenvalue weighted by Crippen LogP contribution is -2.40. The molecule has 0 spiro atoms. The number of aryl methyl sites for hydroxylation is 1. The lowest BCUT2D eigenvalue weighted by Gasteiger charge is -2.32. The van der Waals surface area contributed by atoms with E-state index in [1.165, 1.54) is 21.9 Å². The number of nitrogens with one attached hydrogen (secondary N) is 1. The van der Waals surface area contributed by atoms with Crippen LogP contribution in [0.15, 0.2) is 48.7 Å². The fourth-order valence-electron chi connectivity index (χ4n) is 6.04. The highest BCUT2D eigenvalue weighted by Gasteiger charge is 2.32. The van der Waals surface area contributed by atoms with Crippen LogP contribution in [0.4, 0.5) is 8.78 Å². The highest BCUT2D eigenvalue weighted by atomic mass is 19.3. The highest BCUT2D eigenvalue weighted by molar-refractivity contribution is 5.92. The van der Waals surface area contributed by atoms with E-state index in [0.717, 1.165) is 56.2 Å². The smallest absolute Gasteiger partial charge is 0.282 e. The molecule has 3 heterocycles. The predicted molar refractivity (Wildman–Crippen MR) is 142 cm³/mol. The first-order chi connectivity index (χ1) is 19.0. The van der Waals surface area contributed by atoms with Crippen molar-refractivity contribution in [1.29, 1.82) is 0 Å². The van der Waals surface area contributed by atoms with Gasteiger partial charge in [-0.1, -0.05) is 24.3 Å². The van der Waals surface area contributed by atoms with Crippen LogP contribution in [0.25, 0.3) is 0 Å². The average Bonchev–Trinajstić information content (AvgIpc) is 3.72. The maximum absolute atomic E-state index is 13.2. The van der Waals surface area contributed by atoms with E-state index in [4.69, 9.17) is 0 Å². The molecule has 39 heavy (non-hydrogen) atoms. The molecule has 1 saturated carbocycles. The Morgan fingerprint density at radius 1 is 1.00 bits per heavy atom. The number of amides is 2. The van der Waals surface area contributed by atoms with E-state index in [0.29, 0.717) is 18.8 Å². The molecule has 2 amide bonds. The van der Waals surface area contributed by atoms with Gasteiger partial charge in [0.25, 0.3) is 12.3 Å². The van der Waals surface area contributed by atoms with Gasteiger partial charge in [0.15, 0.2) is 0 Å². The van der Waals surface area contributed by atoms with Crippen LogP contribution in [0.2, 0.25) is 0 Å². The van der Waals surface area contributed by atoms with Gasteiger partial charge in [-0.05, 0) is 85.8 Å². The molecule has 1 saturated heterocycles. The van der Waals surface area contributed by atoms with Crippen LogP contribution in [0.1, 0.15) is 101 Å². The van der Waals surface area contributed by atoms with Gasteiger partial charge >= 0.3 is 0 Å². The number of hydrogen-bond donors (Lipinski definition) is 1. The molecule has 7 nitrogen and oxygen atoms in total. The molecule has 3 aliphatic rings. The molecule has 1 unspecified atom stereocenters. The van der Waals surface area contributed by atoms with Crippen LogP contribution < -0.4 is 5.32 Å². The Kier molecular flexibility index (Phi) is 7.14. The maximum Gasteiger partial charge on any atom is 0.282 e. The summed E-state index contributed by atoms with van der Waals surface area (Å²) in [6.45, 7) is 1.15. The summed E-state index contributed by atoms with van der Waals surface area (Å²) in [5, 5.41) is 7.21. The lowest BCUT2D eigenvalue weighted by molar-refractivity contribution is -0.133. The van der Waals surface area contributed by atoms with Crippen molar-refractivity contribution in [2.75, 3.05) is 13.1 Å². The molecule has 204 valence electrons. The first kappa shape index (κ1) is 25.6. The predicted octanol–water partition coefficient (Wildman–Crippen LogP) is 5.31.